The van der Waals surface area contributed by atoms with Crippen LogP contribution < -0.4 is 10.6 Å². The Bertz CT molecular complexity index is 749. The van der Waals surface area contributed by atoms with E-state index in [1.807, 2.05) is 30.3 Å². The molecule has 0 aliphatic carbocycles. The number of aliphatic imine (C=N–C) groups is 1. The van der Waals surface area contributed by atoms with Gasteiger partial charge in [-0.25, -0.2) is 9.98 Å². The first-order valence-electron chi connectivity index (χ1n) is 10.4. The van der Waals surface area contributed by atoms with Crippen molar-refractivity contribution in [2.24, 2.45) is 10.9 Å². The zero-order valence-corrected chi connectivity index (χ0v) is 20.1. The molecule has 2 unspecified atom stereocenters. The highest BCUT2D eigenvalue weighted by molar-refractivity contribution is 14.0. The number of hydrogen-bond donors (Lipinski definition) is 2. The van der Waals surface area contributed by atoms with Crippen LogP contribution in [0.25, 0.3) is 11.5 Å². The molecule has 1 fully saturated rings. The van der Waals surface area contributed by atoms with Crippen molar-refractivity contribution in [2.75, 3.05) is 26.2 Å². The molecule has 0 bridgehead atoms. The Hall–Kier alpha value is -1.61. The largest absolute Gasteiger partial charge is 0.444 e. The molecular formula is C22H34IN5O. The van der Waals surface area contributed by atoms with Crippen molar-refractivity contribution in [2.45, 2.75) is 46.2 Å². The summed E-state index contributed by atoms with van der Waals surface area (Å²) in [7, 11) is 0. The van der Waals surface area contributed by atoms with Crippen LogP contribution in [0.5, 0.6) is 0 Å². The molecule has 3 rings (SSSR count). The second-order valence-electron chi connectivity index (χ2n) is 7.68. The van der Waals surface area contributed by atoms with Gasteiger partial charge in [0, 0.05) is 31.2 Å². The molecule has 6 nitrogen and oxygen atoms in total. The normalized spacial score (nSPS) is 18.7. The van der Waals surface area contributed by atoms with Crippen molar-refractivity contribution in [1.82, 2.24) is 20.5 Å². The van der Waals surface area contributed by atoms with Crippen LogP contribution >= 0.6 is 24.0 Å². The maximum absolute atomic E-state index is 5.60. The van der Waals surface area contributed by atoms with Gasteiger partial charge in [0.15, 0.2) is 5.96 Å². The van der Waals surface area contributed by atoms with Crippen molar-refractivity contribution >= 4 is 29.9 Å². The zero-order chi connectivity index (χ0) is 19.8. The number of benzene rings is 1. The number of guanidine groups is 1. The summed E-state index contributed by atoms with van der Waals surface area (Å²) >= 11 is 0. The monoisotopic (exact) mass is 511 g/mol. The van der Waals surface area contributed by atoms with E-state index in [2.05, 4.69) is 46.3 Å². The lowest BCUT2D eigenvalue weighted by Crippen LogP contribution is -2.48. The summed E-state index contributed by atoms with van der Waals surface area (Å²) in [6.07, 6.45) is 4.34. The SMILES string of the molecule is CCNC(=NCc1coc(-c2ccccc2)n1)NCC(C)N1CCCC(C)C1.I. The average Bonchev–Trinajstić information content (AvgIpc) is 3.19. The van der Waals surface area contributed by atoms with Crippen molar-refractivity contribution < 1.29 is 4.42 Å². The lowest BCUT2D eigenvalue weighted by Gasteiger charge is -2.35. The van der Waals surface area contributed by atoms with Crippen LogP contribution in [-0.2, 0) is 6.54 Å². The van der Waals surface area contributed by atoms with E-state index in [1.54, 1.807) is 6.26 Å². The number of hydrogen-bond acceptors (Lipinski definition) is 4. The third-order valence-electron chi connectivity index (χ3n) is 5.19. The minimum Gasteiger partial charge on any atom is -0.444 e. The molecule has 0 amide bonds. The van der Waals surface area contributed by atoms with E-state index < -0.39 is 0 Å². The maximum atomic E-state index is 5.60. The van der Waals surface area contributed by atoms with Gasteiger partial charge in [-0.1, -0.05) is 25.1 Å². The first kappa shape index (κ1) is 23.7. The highest BCUT2D eigenvalue weighted by Crippen LogP contribution is 2.18. The van der Waals surface area contributed by atoms with E-state index in [9.17, 15) is 0 Å². The fourth-order valence-electron chi connectivity index (χ4n) is 3.59. The predicted octanol–water partition coefficient (Wildman–Crippen LogP) is 4.14. The van der Waals surface area contributed by atoms with Crippen LogP contribution in [0.15, 0.2) is 46.0 Å². The standard InChI is InChI=1S/C22H33N5O.HI/c1-4-23-22(24-13-18(3)27-12-8-9-17(2)15-27)25-14-20-16-28-21(26-20)19-10-6-5-7-11-19;/h5-7,10-11,16-18H,4,8-9,12-15H2,1-3H3,(H2,23,24,25);1H. The smallest absolute Gasteiger partial charge is 0.226 e. The molecule has 160 valence electrons. The third kappa shape index (κ3) is 7.29. The fourth-order valence-corrected chi connectivity index (χ4v) is 3.59. The average molecular weight is 511 g/mol. The number of piperidine rings is 1. The lowest BCUT2D eigenvalue weighted by molar-refractivity contribution is 0.139. The Morgan fingerprint density at radius 2 is 2.10 bits per heavy atom. The number of nitrogens with zero attached hydrogens (tertiary/aromatic N) is 3. The molecule has 2 atom stereocenters. The topological polar surface area (TPSA) is 65.7 Å². The van der Waals surface area contributed by atoms with Crippen molar-refractivity contribution in [3.05, 3.63) is 42.3 Å². The molecule has 0 radical (unpaired) electrons. The van der Waals surface area contributed by atoms with Gasteiger partial charge in [-0.2, -0.15) is 0 Å². The van der Waals surface area contributed by atoms with Gasteiger partial charge in [-0.15, -0.1) is 24.0 Å². The summed E-state index contributed by atoms with van der Waals surface area (Å²) < 4.78 is 5.60. The van der Waals surface area contributed by atoms with Gasteiger partial charge in [0.1, 0.15) is 12.0 Å². The Kier molecular flexibility index (Phi) is 9.93. The van der Waals surface area contributed by atoms with E-state index in [-0.39, 0.29) is 24.0 Å². The van der Waals surface area contributed by atoms with Crippen LogP contribution in [0.3, 0.4) is 0 Å². The Morgan fingerprint density at radius 3 is 2.83 bits per heavy atom. The number of nitrogens with one attached hydrogen (secondary N) is 2. The lowest BCUT2D eigenvalue weighted by atomic mass is 9.99. The van der Waals surface area contributed by atoms with Gasteiger partial charge in [0.2, 0.25) is 5.89 Å². The first-order chi connectivity index (χ1) is 13.7. The van der Waals surface area contributed by atoms with Crippen molar-refractivity contribution in [3.8, 4) is 11.5 Å². The zero-order valence-electron chi connectivity index (χ0n) is 17.7. The molecule has 1 aromatic carbocycles. The summed E-state index contributed by atoms with van der Waals surface area (Å²) in [5.74, 6) is 2.25. The third-order valence-corrected chi connectivity index (χ3v) is 5.19. The molecule has 0 saturated carbocycles. The van der Waals surface area contributed by atoms with Crippen LogP contribution in [0, 0.1) is 5.92 Å². The molecule has 29 heavy (non-hydrogen) atoms. The summed E-state index contributed by atoms with van der Waals surface area (Å²) in [6, 6.07) is 10.4. The van der Waals surface area contributed by atoms with E-state index in [1.165, 1.54) is 25.9 Å². The highest BCUT2D eigenvalue weighted by Gasteiger charge is 2.20. The number of likely N-dealkylation sites (tertiary alicyclic amines) is 1. The molecule has 1 aromatic heterocycles. The summed E-state index contributed by atoms with van der Waals surface area (Å²) in [6.45, 7) is 11.3. The molecule has 1 saturated heterocycles. The Labute approximate surface area is 191 Å². The van der Waals surface area contributed by atoms with Crippen LogP contribution in [0.2, 0.25) is 0 Å². The summed E-state index contributed by atoms with van der Waals surface area (Å²) in [4.78, 5) is 11.8. The molecule has 2 heterocycles. The van der Waals surface area contributed by atoms with Gasteiger partial charge >= 0.3 is 0 Å². The molecule has 7 heteroatoms. The van der Waals surface area contributed by atoms with E-state index in [4.69, 9.17) is 4.42 Å². The van der Waals surface area contributed by atoms with Crippen LogP contribution in [-0.4, -0.2) is 48.1 Å². The number of aromatic nitrogens is 1. The van der Waals surface area contributed by atoms with E-state index >= 15 is 0 Å². The summed E-state index contributed by atoms with van der Waals surface area (Å²) in [5.41, 5.74) is 1.81. The Balaban J connectivity index is 0.00000300. The fraction of sp³-hybridized carbons (Fsp3) is 0.545. The van der Waals surface area contributed by atoms with Crippen molar-refractivity contribution in [1.29, 1.82) is 0 Å². The molecular weight excluding hydrogens is 477 g/mol. The molecule has 2 N–H and O–H groups in total. The molecule has 2 aromatic rings. The van der Waals surface area contributed by atoms with Crippen LogP contribution in [0.4, 0.5) is 0 Å². The Morgan fingerprint density at radius 1 is 1.31 bits per heavy atom. The van der Waals surface area contributed by atoms with Crippen LogP contribution in [0.1, 0.15) is 39.3 Å². The second-order valence-corrected chi connectivity index (χ2v) is 7.68. The molecule has 1 aliphatic rings. The summed E-state index contributed by atoms with van der Waals surface area (Å²) in [5, 5.41) is 6.80. The number of halogens is 1. The van der Waals surface area contributed by atoms with Crippen molar-refractivity contribution in [3.63, 3.8) is 0 Å². The number of rotatable bonds is 7. The van der Waals surface area contributed by atoms with Gasteiger partial charge < -0.3 is 15.1 Å². The maximum Gasteiger partial charge on any atom is 0.226 e. The number of oxazole rings is 1. The van der Waals surface area contributed by atoms with Gasteiger partial charge in [-0.05, 0) is 51.3 Å². The predicted molar refractivity (Wildman–Crippen MR) is 130 cm³/mol. The molecule has 1 aliphatic heterocycles. The van der Waals surface area contributed by atoms with Gasteiger partial charge in [0.25, 0.3) is 0 Å². The van der Waals surface area contributed by atoms with Gasteiger partial charge in [-0.3, -0.25) is 4.90 Å². The minimum absolute atomic E-state index is 0. The van der Waals surface area contributed by atoms with Gasteiger partial charge in [0.05, 0.1) is 6.54 Å². The minimum atomic E-state index is 0. The highest BCUT2D eigenvalue weighted by atomic mass is 127. The van der Waals surface area contributed by atoms with E-state index in [0.717, 1.165) is 36.2 Å². The van der Waals surface area contributed by atoms with E-state index in [0.29, 0.717) is 18.5 Å². The first-order valence-corrected chi connectivity index (χ1v) is 10.4. The quantitative estimate of drug-likeness (QED) is 0.333. The molecule has 0 spiro atoms. The second kappa shape index (κ2) is 12.2.